The fourth-order valence-corrected chi connectivity index (χ4v) is 5.74. The highest BCUT2D eigenvalue weighted by atomic mass is 16.5. The topological polar surface area (TPSA) is 107 Å². The first-order chi connectivity index (χ1) is 17.5. The van der Waals surface area contributed by atoms with Gasteiger partial charge >= 0.3 is 0 Å². The minimum absolute atomic E-state index is 0.00782. The lowest BCUT2D eigenvalue weighted by atomic mass is 9.90. The smallest absolute Gasteiger partial charge is 0.223 e. The number of rotatable bonds is 10. The SMILES string of the molecule is Cc1cc(OCC2CNCO2)cc2c1CN(C[C@@H](O)CNC(=O)C1CCNC(NC3CCC3)C1)CC2. The standard InChI is InChI=1S/C27H43N5O4/c1-18-9-23(35-16-24-13-28-17-36-24)10-19-6-8-32(15-25(18)19)14-22(33)12-30-27(34)20-5-7-29-26(11-20)31-21-3-2-4-21/h9-10,20-22,24,26,28-29,31,33H,2-8,11-17H2,1H3,(H,30,34)/t20?,22-,24?,26?/m0/s1. The Bertz CT molecular complexity index is 889. The summed E-state index contributed by atoms with van der Waals surface area (Å²) in [6.45, 7) is 7.53. The predicted octanol–water partition coefficient (Wildman–Crippen LogP) is 0.623. The maximum absolute atomic E-state index is 12.8. The number of hydrogen-bond acceptors (Lipinski definition) is 8. The van der Waals surface area contributed by atoms with Crippen molar-refractivity contribution < 1.29 is 19.4 Å². The Hall–Kier alpha value is -1.75. The molecule has 1 amide bonds. The van der Waals surface area contributed by atoms with E-state index < -0.39 is 6.10 Å². The normalized spacial score (nSPS) is 27.8. The Balaban J connectivity index is 1.05. The van der Waals surface area contributed by atoms with Crippen molar-refractivity contribution >= 4 is 5.91 Å². The molecule has 3 heterocycles. The molecule has 1 aliphatic carbocycles. The molecule has 4 atom stereocenters. The van der Waals surface area contributed by atoms with E-state index in [4.69, 9.17) is 9.47 Å². The molecular weight excluding hydrogens is 458 g/mol. The maximum Gasteiger partial charge on any atom is 0.223 e. The van der Waals surface area contributed by atoms with Crippen molar-refractivity contribution in [3.63, 3.8) is 0 Å². The van der Waals surface area contributed by atoms with Crippen LogP contribution >= 0.6 is 0 Å². The number of amides is 1. The first-order valence-corrected chi connectivity index (χ1v) is 13.8. The van der Waals surface area contributed by atoms with Crippen LogP contribution in [0.15, 0.2) is 12.1 Å². The van der Waals surface area contributed by atoms with Crippen molar-refractivity contribution in [2.45, 2.75) is 76.4 Å². The van der Waals surface area contributed by atoms with Gasteiger partial charge in [-0.3, -0.25) is 20.3 Å². The summed E-state index contributed by atoms with van der Waals surface area (Å²) in [7, 11) is 0. The van der Waals surface area contributed by atoms with Crippen LogP contribution in [0.2, 0.25) is 0 Å². The second-order valence-corrected chi connectivity index (χ2v) is 11.0. The lowest BCUT2D eigenvalue weighted by Gasteiger charge is -2.36. The number of piperidine rings is 1. The summed E-state index contributed by atoms with van der Waals surface area (Å²) in [6, 6.07) is 4.87. The predicted molar refractivity (Wildman–Crippen MR) is 138 cm³/mol. The largest absolute Gasteiger partial charge is 0.491 e. The van der Waals surface area contributed by atoms with Gasteiger partial charge in [-0.25, -0.2) is 0 Å². The number of nitrogens with zero attached hydrogens (tertiary/aromatic N) is 1. The van der Waals surface area contributed by atoms with Crippen molar-refractivity contribution in [1.29, 1.82) is 0 Å². The molecule has 0 radical (unpaired) electrons. The summed E-state index contributed by atoms with van der Waals surface area (Å²) in [5, 5.41) is 24.0. The Labute approximate surface area is 214 Å². The number of aliphatic hydroxyl groups is 1. The molecule has 4 aliphatic rings. The summed E-state index contributed by atoms with van der Waals surface area (Å²) in [6.07, 6.45) is 6.13. The van der Waals surface area contributed by atoms with E-state index in [1.165, 1.54) is 36.0 Å². The molecule has 9 nitrogen and oxygen atoms in total. The van der Waals surface area contributed by atoms with Crippen LogP contribution < -0.4 is 26.0 Å². The number of nitrogens with one attached hydrogen (secondary N) is 4. The Morgan fingerprint density at radius 3 is 3.00 bits per heavy atom. The van der Waals surface area contributed by atoms with Gasteiger partial charge in [-0.15, -0.1) is 0 Å². The van der Waals surface area contributed by atoms with Crippen LogP contribution in [-0.2, 0) is 22.5 Å². The molecule has 0 spiro atoms. The summed E-state index contributed by atoms with van der Waals surface area (Å²) in [4.78, 5) is 15.1. The van der Waals surface area contributed by atoms with Gasteiger partial charge in [0, 0.05) is 44.7 Å². The maximum atomic E-state index is 12.8. The van der Waals surface area contributed by atoms with E-state index >= 15 is 0 Å². The third kappa shape index (κ3) is 6.76. The van der Waals surface area contributed by atoms with Crippen molar-refractivity contribution in [3.8, 4) is 5.75 Å². The average Bonchev–Trinajstić information content (AvgIpc) is 3.38. The summed E-state index contributed by atoms with van der Waals surface area (Å²) < 4.78 is 11.6. The van der Waals surface area contributed by atoms with Crippen molar-refractivity contribution in [2.75, 3.05) is 46.1 Å². The average molecular weight is 502 g/mol. The molecule has 5 N–H and O–H groups in total. The van der Waals surface area contributed by atoms with Gasteiger partial charge in [0.1, 0.15) is 18.5 Å². The van der Waals surface area contributed by atoms with E-state index in [1.54, 1.807) is 0 Å². The zero-order valence-corrected chi connectivity index (χ0v) is 21.6. The Morgan fingerprint density at radius 1 is 1.33 bits per heavy atom. The van der Waals surface area contributed by atoms with Crippen LogP contribution in [0.1, 0.15) is 48.8 Å². The molecule has 1 aromatic carbocycles. The van der Waals surface area contributed by atoms with E-state index in [2.05, 4.69) is 45.2 Å². The van der Waals surface area contributed by atoms with Gasteiger partial charge in [0.05, 0.1) is 19.0 Å². The lowest BCUT2D eigenvalue weighted by molar-refractivity contribution is -0.126. The third-order valence-corrected chi connectivity index (χ3v) is 8.14. The monoisotopic (exact) mass is 501 g/mol. The van der Waals surface area contributed by atoms with Crippen molar-refractivity contribution in [1.82, 2.24) is 26.2 Å². The van der Waals surface area contributed by atoms with E-state index in [9.17, 15) is 9.90 Å². The van der Waals surface area contributed by atoms with Gasteiger partial charge < -0.3 is 25.2 Å². The molecule has 5 rings (SSSR count). The molecule has 36 heavy (non-hydrogen) atoms. The summed E-state index contributed by atoms with van der Waals surface area (Å²) >= 11 is 0. The second kappa shape index (κ2) is 12.2. The van der Waals surface area contributed by atoms with Crippen LogP contribution in [0, 0.1) is 12.8 Å². The molecule has 0 aromatic heterocycles. The van der Waals surface area contributed by atoms with E-state index in [0.29, 0.717) is 32.5 Å². The number of aliphatic hydroxyl groups excluding tert-OH is 1. The zero-order chi connectivity index (χ0) is 24.9. The number of hydrogen-bond donors (Lipinski definition) is 5. The van der Waals surface area contributed by atoms with Gasteiger partial charge in [0.15, 0.2) is 0 Å². The molecule has 3 unspecified atom stereocenters. The second-order valence-electron chi connectivity index (χ2n) is 11.0. The molecule has 200 valence electrons. The fraction of sp³-hybridized carbons (Fsp3) is 0.741. The Kier molecular flexibility index (Phi) is 8.77. The quantitative estimate of drug-likeness (QED) is 0.318. The number of aryl methyl sites for hydroxylation is 1. The molecule has 3 fully saturated rings. The van der Waals surface area contributed by atoms with E-state index in [0.717, 1.165) is 51.2 Å². The highest BCUT2D eigenvalue weighted by molar-refractivity contribution is 5.78. The van der Waals surface area contributed by atoms with E-state index in [1.807, 2.05) is 0 Å². The molecule has 1 saturated carbocycles. The van der Waals surface area contributed by atoms with Crippen LogP contribution in [0.4, 0.5) is 0 Å². The van der Waals surface area contributed by atoms with Crippen molar-refractivity contribution in [3.05, 3.63) is 28.8 Å². The molecule has 3 aliphatic heterocycles. The number of carbonyl (C=O) groups is 1. The highest BCUT2D eigenvalue weighted by Gasteiger charge is 2.30. The number of β-amino-alcohol motifs (C(OH)–C–C–N with tert-alkyl or cyclic N) is 1. The summed E-state index contributed by atoms with van der Waals surface area (Å²) in [5.74, 6) is 0.983. The van der Waals surface area contributed by atoms with Gasteiger partial charge in [-0.2, -0.15) is 0 Å². The lowest BCUT2D eigenvalue weighted by Crippen LogP contribution is -2.55. The first kappa shape index (κ1) is 25.9. The minimum atomic E-state index is -0.580. The highest BCUT2D eigenvalue weighted by Crippen LogP contribution is 2.28. The van der Waals surface area contributed by atoms with Crippen LogP contribution in [-0.4, -0.2) is 86.4 Å². The van der Waals surface area contributed by atoms with Gasteiger partial charge in [-0.1, -0.05) is 6.42 Å². The third-order valence-electron chi connectivity index (χ3n) is 8.14. The molecular formula is C27H43N5O4. The Morgan fingerprint density at radius 2 is 2.22 bits per heavy atom. The van der Waals surface area contributed by atoms with Gasteiger partial charge in [0.2, 0.25) is 5.91 Å². The van der Waals surface area contributed by atoms with Crippen LogP contribution in [0.3, 0.4) is 0 Å². The molecule has 9 heteroatoms. The number of benzene rings is 1. The number of carbonyl (C=O) groups excluding carboxylic acids is 1. The van der Waals surface area contributed by atoms with E-state index in [-0.39, 0.29) is 24.1 Å². The molecule has 0 bridgehead atoms. The first-order valence-electron chi connectivity index (χ1n) is 13.8. The van der Waals surface area contributed by atoms with Crippen molar-refractivity contribution in [2.24, 2.45) is 5.92 Å². The summed E-state index contributed by atoms with van der Waals surface area (Å²) in [5.41, 5.74) is 3.87. The minimum Gasteiger partial charge on any atom is -0.491 e. The number of fused-ring (bicyclic) bond motifs is 1. The van der Waals surface area contributed by atoms with Crippen LogP contribution in [0.5, 0.6) is 5.75 Å². The number of ether oxygens (including phenoxy) is 2. The fourth-order valence-electron chi connectivity index (χ4n) is 5.74. The van der Waals surface area contributed by atoms with Gasteiger partial charge in [0.25, 0.3) is 0 Å². The van der Waals surface area contributed by atoms with Crippen LogP contribution in [0.25, 0.3) is 0 Å². The zero-order valence-electron chi connectivity index (χ0n) is 21.6. The van der Waals surface area contributed by atoms with Gasteiger partial charge in [-0.05, 0) is 74.4 Å². The molecule has 1 aromatic rings. The molecule has 2 saturated heterocycles.